The van der Waals surface area contributed by atoms with Crippen LogP contribution in [0.3, 0.4) is 0 Å². The summed E-state index contributed by atoms with van der Waals surface area (Å²) in [5.41, 5.74) is 0.0885. The van der Waals surface area contributed by atoms with Gasteiger partial charge in [-0.05, 0) is 38.1 Å². The zero-order chi connectivity index (χ0) is 19.3. The fraction of sp³-hybridized carbons (Fsp3) is 0.235. The number of aromatic nitrogens is 1. The number of pyridine rings is 1. The Hall–Kier alpha value is -3.49. The quantitative estimate of drug-likeness (QED) is 0.599. The normalized spacial score (nSPS) is 10.4. The third-order valence-corrected chi connectivity index (χ3v) is 3.34. The first-order valence-electron chi connectivity index (χ1n) is 7.82. The molecule has 9 nitrogen and oxygen atoms in total. The highest BCUT2D eigenvalue weighted by molar-refractivity contribution is 5.95. The van der Waals surface area contributed by atoms with Gasteiger partial charge in [-0.2, -0.15) is 0 Å². The molecule has 0 aliphatic rings. The predicted octanol–water partition coefficient (Wildman–Crippen LogP) is 1.53. The maximum Gasteiger partial charge on any atom is 0.285 e. The topological polar surface area (TPSA) is 123 Å². The van der Waals surface area contributed by atoms with Crippen LogP contribution >= 0.6 is 0 Å². The van der Waals surface area contributed by atoms with E-state index in [0.29, 0.717) is 11.3 Å². The van der Waals surface area contributed by atoms with Crippen molar-refractivity contribution in [3.05, 3.63) is 68.6 Å². The smallest absolute Gasteiger partial charge is 0.285 e. The summed E-state index contributed by atoms with van der Waals surface area (Å²) in [7, 11) is 0. The van der Waals surface area contributed by atoms with Gasteiger partial charge in [-0.1, -0.05) is 0 Å². The molecule has 0 aliphatic heterocycles. The van der Waals surface area contributed by atoms with Crippen LogP contribution in [0.25, 0.3) is 0 Å². The fourth-order valence-corrected chi connectivity index (χ4v) is 2.16. The Bertz CT molecular complexity index is 887. The SMILES string of the molecule is CC(C)NC(=O)c1ccc(NC(=O)Cn2cc([N+](=O)[O-])ccc2=O)cc1. The summed E-state index contributed by atoms with van der Waals surface area (Å²) in [6, 6.07) is 8.37. The number of carbonyl (C=O) groups excluding carboxylic acids is 2. The van der Waals surface area contributed by atoms with Gasteiger partial charge in [0, 0.05) is 29.4 Å². The summed E-state index contributed by atoms with van der Waals surface area (Å²) in [6.07, 6.45) is 1.02. The van der Waals surface area contributed by atoms with E-state index in [1.165, 1.54) is 0 Å². The van der Waals surface area contributed by atoms with Gasteiger partial charge in [0.05, 0.1) is 11.1 Å². The number of rotatable bonds is 6. The van der Waals surface area contributed by atoms with E-state index in [1.54, 1.807) is 24.3 Å². The molecule has 2 amide bonds. The molecule has 1 aromatic carbocycles. The Morgan fingerprint density at radius 3 is 2.38 bits per heavy atom. The number of benzene rings is 1. The first-order chi connectivity index (χ1) is 12.3. The van der Waals surface area contributed by atoms with Crippen LogP contribution in [0, 0.1) is 10.1 Å². The molecule has 0 unspecified atom stereocenters. The lowest BCUT2D eigenvalue weighted by Gasteiger charge is -2.10. The summed E-state index contributed by atoms with van der Waals surface area (Å²) in [4.78, 5) is 45.7. The van der Waals surface area contributed by atoms with E-state index in [0.717, 1.165) is 22.9 Å². The van der Waals surface area contributed by atoms with Crippen molar-refractivity contribution < 1.29 is 14.5 Å². The summed E-state index contributed by atoms with van der Waals surface area (Å²) < 4.78 is 0.956. The van der Waals surface area contributed by atoms with Crippen molar-refractivity contribution in [2.75, 3.05) is 5.32 Å². The first kappa shape index (κ1) is 18.8. The van der Waals surface area contributed by atoms with Crippen molar-refractivity contribution in [1.29, 1.82) is 0 Å². The Morgan fingerprint density at radius 1 is 1.15 bits per heavy atom. The molecule has 2 rings (SSSR count). The van der Waals surface area contributed by atoms with Crippen LogP contribution in [-0.2, 0) is 11.3 Å². The van der Waals surface area contributed by atoms with Crippen molar-refractivity contribution in [1.82, 2.24) is 9.88 Å². The molecule has 2 aromatic rings. The summed E-state index contributed by atoms with van der Waals surface area (Å²) in [5.74, 6) is -0.743. The molecule has 1 heterocycles. The van der Waals surface area contributed by atoms with Crippen molar-refractivity contribution in [3.8, 4) is 0 Å². The lowest BCUT2D eigenvalue weighted by Crippen LogP contribution is -2.30. The standard InChI is InChI=1S/C17H18N4O5/c1-11(2)18-17(24)12-3-5-13(6-4-12)19-15(22)10-20-9-14(21(25)26)7-8-16(20)23/h3-9,11H,10H2,1-2H3,(H,18,24)(H,19,22). The van der Waals surface area contributed by atoms with Crippen LogP contribution in [0.15, 0.2) is 47.4 Å². The highest BCUT2D eigenvalue weighted by Gasteiger charge is 2.11. The van der Waals surface area contributed by atoms with Crippen LogP contribution < -0.4 is 16.2 Å². The molecule has 0 atom stereocenters. The maximum absolute atomic E-state index is 12.1. The molecule has 0 spiro atoms. The molecule has 2 N–H and O–H groups in total. The number of hydrogen-bond acceptors (Lipinski definition) is 5. The monoisotopic (exact) mass is 358 g/mol. The van der Waals surface area contributed by atoms with Crippen molar-refractivity contribution in [2.45, 2.75) is 26.4 Å². The highest BCUT2D eigenvalue weighted by atomic mass is 16.6. The van der Waals surface area contributed by atoms with Gasteiger partial charge in [0.25, 0.3) is 17.2 Å². The lowest BCUT2D eigenvalue weighted by atomic mass is 10.2. The first-order valence-corrected chi connectivity index (χ1v) is 7.82. The Balaban J connectivity index is 2.04. The molecule has 9 heteroatoms. The summed E-state index contributed by atoms with van der Waals surface area (Å²) in [5, 5.41) is 16.1. The van der Waals surface area contributed by atoms with Crippen molar-refractivity contribution in [2.24, 2.45) is 0 Å². The molecule has 0 bridgehead atoms. The fourth-order valence-electron chi connectivity index (χ4n) is 2.16. The summed E-state index contributed by atoms with van der Waals surface area (Å²) >= 11 is 0. The van der Waals surface area contributed by atoms with Gasteiger partial charge in [0.2, 0.25) is 5.91 Å². The number of hydrogen-bond donors (Lipinski definition) is 2. The van der Waals surface area contributed by atoms with Crippen LogP contribution in [0.2, 0.25) is 0 Å². The van der Waals surface area contributed by atoms with Gasteiger partial charge in [-0.15, -0.1) is 0 Å². The molecule has 136 valence electrons. The Kier molecular flexibility index (Phi) is 5.84. The second-order valence-electron chi connectivity index (χ2n) is 5.86. The molecule has 0 saturated heterocycles. The molecule has 26 heavy (non-hydrogen) atoms. The van der Waals surface area contributed by atoms with Crippen LogP contribution in [0.4, 0.5) is 11.4 Å². The Morgan fingerprint density at radius 2 is 1.81 bits per heavy atom. The van der Waals surface area contributed by atoms with Gasteiger partial charge in [-0.3, -0.25) is 29.1 Å². The predicted molar refractivity (Wildman–Crippen MR) is 95.0 cm³/mol. The number of nitro groups is 1. The molecule has 0 aliphatic carbocycles. The lowest BCUT2D eigenvalue weighted by molar-refractivity contribution is -0.385. The van der Waals surface area contributed by atoms with Crippen molar-refractivity contribution in [3.63, 3.8) is 0 Å². The zero-order valence-corrected chi connectivity index (χ0v) is 14.3. The van der Waals surface area contributed by atoms with E-state index in [1.807, 2.05) is 13.8 Å². The van der Waals surface area contributed by atoms with Crippen LogP contribution in [0.5, 0.6) is 0 Å². The van der Waals surface area contributed by atoms with E-state index in [9.17, 15) is 24.5 Å². The zero-order valence-electron chi connectivity index (χ0n) is 14.3. The molecule has 1 aromatic heterocycles. The molecular formula is C17H18N4O5. The second kappa shape index (κ2) is 8.06. The largest absolute Gasteiger partial charge is 0.350 e. The number of anilines is 1. The minimum atomic E-state index is -0.644. The van der Waals surface area contributed by atoms with E-state index in [4.69, 9.17) is 0 Å². The third-order valence-electron chi connectivity index (χ3n) is 3.34. The van der Waals surface area contributed by atoms with Gasteiger partial charge in [0.15, 0.2) is 0 Å². The third kappa shape index (κ3) is 5.00. The van der Waals surface area contributed by atoms with Crippen LogP contribution in [0.1, 0.15) is 24.2 Å². The average molecular weight is 358 g/mol. The summed E-state index contributed by atoms with van der Waals surface area (Å²) in [6.45, 7) is 3.33. The maximum atomic E-state index is 12.1. The van der Waals surface area contributed by atoms with Crippen LogP contribution in [-0.4, -0.2) is 27.3 Å². The van der Waals surface area contributed by atoms with E-state index in [2.05, 4.69) is 10.6 Å². The van der Waals surface area contributed by atoms with E-state index in [-0.39, 0.29) is 24.2 Å². The van der Waals surface area contributed by atoms with Gasteiger partial charge in [-0.25, -0.2) is 0 Å². The second-order valence-corrected chi connectivity index (χ2v) is 5.86. The van der Waals surface area contributed by atoms with Gasteiger partial charge in [0.1, 0.15) is 6.54 Å². The van der Waals surface area contributed by atoms with E-state index >= 15 is 0 Å². The number of carbonyl (C=O) groups is 2. The minimum Gasteiger partial charge on any atom is -0.350 e. The van der Waals surface area contributed by atoms with Crippen molar-refractivity contribution >= 4 is 23.2 Å². The molecule has 0 fully saturated rings. The average Bonchev–Trinajstić information content (AvgIpc) is 2.56. The molecule has 0 radical (unpaired) electrons. The highest BCUT2D eigenvalue weighted by Crippen LogP contribution is 2.11. The minimum absolute atomic E-state index is 0.00937. The van der Waals surface area contributed by atoms with E-state index < -0.39 is 16.4 Å². The van der Waals surface area contributed by atoms with Gasteiger partial charge >= 0.3 is 0 Å². The van der Waals surface area contributed by atoms with Gasteiger partial charge < -0.3 is 10.6 Å². The molecular weight excluding hydrogens is 340 g/mol. The number of amides is 2. The number of nitrogens with zero attached hydrogens (tertiary/aromatic N) is 2. The number of nitrogens with one attached hydrogen (secondary N) is 2. The Labute approximate surface area is 148 Å². The molecule has 0 saturated carbocycles.